The van der Waals surface area contributed by atoms with Gasteiger partial charge in [0.05, 0.1) is 0 Å². The van der Waals surface area contributed by atoms with Crippen molar-refractivity contribution in [1.82, 2.24) is 5.32 Å². The van der Waals surface area contributed by atoms with Crippen LogP contribution in [0.2, 0.25) is 0 Å². The molecule has 0 aromatic carbocycles. The van der Waals surface area contributed by atoms with Gasteiger partial charge in [0, 0.05) is 23.7 Å². The number of rotatable bonds is 4. The van der Waals surface area contributed by atoms with Crippen molar-refractivity contribution in [3.63, 3.8) is 0 Å². The van der Waals surface area contributed by atoms with Crippen molar-refractivity contribution < 1.29 is 0 Å². The lowest BCUT2D eigenvalue weighted by molar-refractivity contribution is 1.08. The van der Waals surface area contributed by atoms with Crippen LogP contribution in [0.25, 0.3) is 0 Å². The monoisotopic (exact) mass is 213 g/mol. The summed E-state index contributed by atoms with van der Waals surface area (Å²) in [5.41, 5.74) is 2.28. The Morgan fingerprint density at radius 3 is 2.07 bits per heavy atom. The Morgan fingerprint density at radius 1 is 1.36 bits per heavy atom. The standard InChI is InChI=1S/C10H17NS.C2H6/c1-6-10(12-5)9(7-11-4)8(2)3;1-2/h6-7,11H,2H2,1,3-5H3;1-2H3/b9-7-,10-6+;. The van der Waals surface area contributed by atoms with Crippen molar-refractivity contribution in [3.8, 4) is 0 Å². The second-order valence-electron chi connectivity index (χ2n) is 2.48. The number of allylic oxidation sites excluding steroid dienone is 3. The molecule has 0 aromatic heterocycles. The van der Waals surface area contributed by atoms with Crippen LogP contribution in [0.4, 0.5) is 0 Å². The Balaban J connectivity index is 0. The van der Waals surface area contributed by atoms with Crippen LogP contribution in [-0.2, 0) is 0 Å². The van der Waals surface area contributed by atoms with E-state index in [0.717, 1.165) is 5.57 Å². The van der Waals surface area contributed by atoms with Crippen molar-refractivity contribution >= 4 is 11.8 Å². The third-order valence-electron chi connectivity index (χ3n) is 1.50. The van der Waals surface area contributed by atoms with Crippen LogP contribution >= 0.6 is 11.8 Å². The van der Waals surface area contributed by atoms with Crippen molar-refractivity contribution in [1.29, 1.82) is 0 Å². The molecule has 0 fully saturated rings. The van der Waals surface area contributed by atoms with Gasteiger partial charge >= 0.3 is 0 Å². The molecule has 1 nitrogen and oxygen atoms in total. The Bertz CT molecular complexity index is 214. The fourth-order valence-corrected chi connectivity index (χ4v) is 1.62. The van der Waals surface area contributed by atoms with Crippen molar-refractivity contribution in [2.45, 2.75) is 27.7 Å². The van der Waals surface area contributed by atoms with E-state index < -0.39 is 0 Å². The molecule has 0 radical (unpaired) electrons. The molecule has 0 heterocycles. The van der Waals surface area contributed by atoms with Gasteiger partial charge in [0.15, 0.2) is 0 Å². The molecule has 82 valence electrons. The van der Waals surface area contributed by atoms with Crippen LogP contribution < -0.4 is 5.32 Å². The Kier molecular flexibility index (Phi) is 11.8. The average Bonchev–Trinajstić information content (AvgIpc) is 2.21. The molecule has 0 saturated carbocycles. The molecule has 0 saturated heterocycles. The molecule has 0 atom stereocenters. The number of hydrogen-bond acceptors (Lipinski definition) is 2. The minimum Gasteiger partial charge on any atom is -0.393 e. The molecule has 0 aliphatic carbocycles. The van der Waals surface area contributed by atoms with Gasteiger partial charge in [0.25, 0.3) is 0 Å². The van der Waals surface area contributed by atoms with Crippen LogP contribution in [0, 0.1) is 0 Å². The minimum absolute atomic E-state index is 1.09. The molecule has 2 heteroatoms. The van der Waals surface area contributed by atoms with E-state index in [1.54, 1.807) is 11.8 Å². The highest BCUT2D eigenvalue weighted by molar-refractivity contribution is 8.02. The SMILES string of the molecule is C=C(C)C(=C/NC)/C(=C\C)SC.CC. The Morgan fingerprint density at radius 2 is 1.86 bits per heavy atom. The molecule has 0 rings (SSSR count). The zero-order valence-corrected chi connectivity index (χ0v) is 11.1. The van der Waals surface area contributed by atoms with Crippen LogP contribution in [0.5, 0.6) is 0 Å². The van der Waals surface area contributed by atoms with E-state index in [4.69, 9.17) is 0 Å². The van der Waals surface area contributed by atoms with Crippen LogP contribution in [0.1, 0.15) is 27.7 Å². The van der Waals surface area contributed by atoms with Crippen LogP contribution in [-0.4, -0.2) is 13.3 Å². The van der Waals surface area contributed by atoms with E-state index in [9.17, 15) is 0 Å². The molecule has 1 N–H and O–H groups in total. The number of thioether (sulfide) groups is 1. The van der Waals surface area contributed by atoms with Crippen molar-refractivity contribution in [2.75, 3.05) is 13.3 Å². The summed E-state index contributed by atoms with van der Waals surface area (Å²) in [5.74, 6) is 0. The largest absolute Gasteiger partial charge is 0.393 e. The summed E-state index contributed by atoms with van der Waals surface area (Å²) in [4.78, 5) is 1.26. The van der Waals surface area contributed by atoms with Gasteiger partial charge in [0.2, 0.25) is 0 Å². The number of nitrogens with one attached hydrogen (secondary N) is 1. The first kappa shape index (κ1) is 15.8. The van der Waals surface area contributed by atoms with Gasteiger partial charge in [-0.1, -0.05) is 26.5 Å². The van der Waals surface area contributed by atoms with Crippen LogP contribution in [0.3, 0.4) is 0 Å². The first-order valence-corrected chi connectivity index (χ1v) is 6.13. The first-order valence-electron chi connectivity index (χ1n) is 4.91. The van der Waals surface area contributed by atoms with E-state index >= 15 is 0 Å². The van der Waals surface area contributed by atoms with Gasteiger partial charge in [-0.2, -0.15) is 0 Å². The van der Waals surface area contributed by atoms with E-state index in [0.29, 0.717) is 0 Å². The average molecular weight is 213 g/mol. The minimum atomic E-state index is 1.09. The maximum Gasteiger partial charge on any atom is 0.0116 e. The fourth-order valence-electron chi connectivity index (χ4n) is 0.932. The summed E-state index contributed by atoms with van der Waals surface area (Å²) in [6, 6.07) is 0. The second kappa shape index (κ2) is 10.5. The molecule has 0 aliphatic rings. The molecule has 0 aliphatic heterocycles. The molecule has 14 heavy (non-hydrogen) atoms. The molecule has 0 amide bonds. The zero-order valence-electron chi connectivity index (χ0n) is 10.3. The van der Waals surface area contributed by atoms with E-state index in [-0.39, 0.29) is 0 Å². The topological polar surface area (TPSA) is 12.0 Å². The van der Waals surface area contributed by atoms with E-state index in [1.807, 2.05) is 40.9 Å². The Labute approximate surface area is 93.4 Å². The summed E-state index contributed by atoms with van der Waals surface area (Å²) >= 11 is 1.74. The van der Waals surface area contributed by atoms with Crippen molar-refractivity contribution in [2.24, 2.45) is 0 Å². The molecular weight excluding hydrogens is 190 g/mol. The summed E-state index contributed by atoms with van der Waals surface area (Å²) < 4.78 is 0. The fraction of sp³-hybridized carbons (Fsp3) is 0.500. The molecular formula is C12H23NS. The zero-order chi connectivity index (χ0) is 11.6. The molecule has 0 spiro atoms. The summed E-state index contributed by atoms with van der Waals surface area (Å²) in [5, 5.41) is 3.02. The van der Waals surface area contributed by atoms with E-state index in [1.165, 1.54) is 10.5 Å². The maximum atomic E-state index is 3.93. The maximum absolute atomic E-state index is 3.93. The van der Waals surface area contributed by atoms with Crippen molar-refractivity contribution in [3.05, 3.63) is 34.9 Å². The first-order chi connectivity index (χ1) is 6.67. The molecule has 0 bridgehead atoms. The van der Waals surface area contributed by atoms with E-state index in [2.05, 4.69) is 24.2 Å². The summed E-state index contributed by atoms with van der Waals surface area (Å²) in [6.45, 7) is 12.0. The van der Waals surface area contributed by atoms with Gasteiger partial charge in [-0.05, 0) is 25.7 Å². The highest BCUT2D eigenvalue weighted by Gasteiger charge is 2.02. The Hall–Kier alpha value is -0.630. The van der Waals surface area contributed by atoms with Gasteiger partial charge < -0.3 is 5.32 Å². The van der Waals surface area contributed by atoms with Gasteiger partial charge in [-0.3, -0.25) is 0 Å². The quantitative estimate of drug-likeness (QED) is 0.709. The van der Waals surface area contributed by atoms with Gasteiger partial charge in [-0.25, -0.2) is 0 Å². The summed E-state index contributed by atoms with van der Waals surface area (Å²) in [7, 11) is 1.90. The highest BCUT2D eigenvalue weighted by Crippen LogP contribution is 2.25. The second-order valence-corrected chi connectivity index (χ2v) is 3.33. The molecule has 0 unspecified atom stereocenters. The third-order valence-corrected chi connectivity index (χ3v) is 2.39. The van der Waals surface area contributed by atoms with Gasteiger partial charge in [0.1, 0.15) is 0 Å². The third kappa shape index (κ3) is 5.92. The summed E-state index contributed by atoms with van der Waals surface area (Å²) in [6.07, 6.45) is 6.15. The normalized spacial score (nSPS) is 11.6. The predicted molar refractivity (Wildman–Crippen MR) is 70.6 cm³/mol. The predicted octanol–water partition coefficient (Wildman–Crippen LogP) is 3.96. The highest BCUT2D eigenvalue weighted by atomic mass is 32.2. The molecule has 0 aromatic rings. The smallest absolute Gasteiger partial charge is 0.0116 e. The lowest BCUT2D eigenvalue weighted by Gasteiger charge is -2.08. The van der Waals surface area contributed by atoms with Crippen LogP contribution in [0.15, 0.2) is 34.9 Å². The van der Waals surface area contributed by atoms with Gasteiger partial charge in [-0.15, -0.1) is 11.8 Å². The number of hydrogen-bond donors (Lipinski definition) is 1. The lowest BCUT2D eigenvalue weighted by Crippen LogP contribution is -1.98. The lowest BCUT2D eigenvalue weighted by atomic mass is 10.1.